The molecule has 8 heteroatoms. The summed E-state index contributed by atoms with van der Waals surface area (Å²) in [5.74, 6) is 1.92. The van der Waals surface area contributed by atoms with E-state index >= 15 is 0 Å². The number of hydrogen-bond acceptors (Lipinski definition) is 7. The van der Waals surface area contributed by atoms with Gasteiger partial charge in [0.25, 0.3) is 5.91 Å². The Morgan fingerprint density at radius 1 is 1.14 bits per heavy atom. The molecule has 146 valence electrons. The van der Waals surface area contributed by atoms with Crippen LogP contribution < -0.4 is 16.4 Å². The molecule has 8 nitrogen and oxygen atoms in total. The fraction of sp³-hybridized carbons (Fsp3) is 0.500. The molecule has 2 aromatic rings. The van der Waals surface area contributed by atoms with Gasteiger partial charge in [0, 0.05) is 30.7 Å². The molecule has 5 N–H and O–H groups in total. The second kappa shape index (κ2) is 6.41. The molecule has 2 aromatic heterocycles. The summed E-state index contributed by atoms with van der Waals surface area (Å²) < 4.78 is 0. The van der Waals surface area contributed by atoms with Crippen LogP contribution in [0, 0.1) is 17.8 Å². The highest BCUT2D eigenvalue weighted by atomic mass is 16.3. The standard InChI is InChI=1S/C20H24N6O2/c21-18(27)14-10-24-16(26-19-22-2-1-3-23-19)6-15(14)25-17-12-4-11-5-13(17)9-20(28,7-11)8-12/h1-3,6,10-13,17,28H,4-5,7-9H2,(H2,21,27)(H2,22,23,24,25,26)/t11?,12-,13+,17?,20?. The van der Waals surface area contributed by atoms with Gasteiger partial charge in [0.15, 0.2) is 0 Å². The largest absolute Gasteiger partial charge is 0.390 e. The highest BCUT2D eigenvalue weighted by Crippen LogP contribution is 2.56. The number of hydrogen-bond donors (Lipinski definition) is 4. The molecule has 0 radical (unpaired) electrons. The number of rotatable bonds is 5. The van der Waals surface area contributed by atoms with E-state index < -0.39 is 11.5 Å². The minimum Gasteiger partial charge on any atom is -0.390 e. The maximum absolute atomic E-state index is 11.9. The van der Waals surface area contributed by atoms with Crippen molar-refractivity contribution < 1.29 is 9.90 Å². The van der Waals surface area contributed by atoms with Crippen molar-refractivity contribution in [3.05, 3.63) is 36.3 Å². The van der Waals surface area contributed by atoms with Crippen molar-refractivity contribution in [3.63, 3.8) is 0 Å². The normalized spacial score (nSPS) is 32.9. The molecule has 4 fully saturated rings. The van der Waals surface area contributed by atoms with Gasteiger partial charge in [0.05, 0.1) is 16.9 Å². The zero-order valence-electron chi connectivity index (χ0n) is 15.5. The van der Waals surface area contributed by atoms with Crippen LogP contribution in [0.3, 0.4) is 0 Å². The van der Waals surface area contributed by atoms with Gasteiger partial charge in [-0.25, -0.2) is 15.0 Å². The zero-order valence-corrected chi connectivity index (χ0v) is 15.5. The Labute approximate surface area is 163 Å². The number of carbonyl (C=O) groups is 1. The quantitative estimate of drug-likeness (QED) is 0.625. The van der Waals surface area contributed by atoms with Gasteiger partial charge in [0.1, 0.15) is 5.82 Å². The van der Waals surface area contributed by atoms with Crippen molar-refractivity contribution >= 4 is 23.4 Å². The lowest BCUT2D eigenvalue weighted by atomic mass is 9.52. The Bertz CT molecular complexity index is 889. The first-order valence-corrected chi connectivity index (χ1v) is 9.82. The fourth-order valence-electron chi connectivity index (χ4n) is 5.71. The summed E-state index contributed by atoms with van der Waals surface area (Å²) in [6.45, 7) is 0. The Balaban J connectivity index is 1.42. The van der Waals surface area contributed by atoms with Gasteiger partial charge in [0.2, 0.25) is 5.95 Å². The van der Waals surface area contributed by atoms with Crippen LogP contribution in [0.2, 0.25) is 0 Å². The predicted molar refractivity (Wildman–Crippen MR) is 104 cm³/mol. The lowest BCUT2D eigenvalue weighted by molar-refractivity contribution is -0.129. The number of nitrogens with two attached hydrogens (primary N) is 1. The second-order valence-electron chi connectivity index (χ2n) is 8.54. The summed E-state index contributed by atoms with van der Waals surface area (Å²) in [7, 11) is 0. The molecule has 0 saturated heterocycles. The summed E-state index contributed by atoms with van der Waals surface area (Å²) in [4.78, 5) is 24.5. The van der Waals surface area contributed by atoms with E-state index in [2.05, 4.69) is 25.6 Å². The third-order valence-electron chi connectivity index (χ3n) is 6.54. The molecule has 4 bridgehead atoms. The molecule has 6 rings (SSSR count). The first kappa shape index (κ1) is 17.4. The third-order valence-corrected chi connectivity index (χ3v) is 6.54. The van der Waals surface area contributed by atoms with Crippen LogP contribution >= 0.6 is 0 Å². The number of aliphatic hydroxyl groups is 1. The van der Waals surface area contributed by atoms with Gasteiger partial charge in [-0.15, -0.1) is 0 Å². The lowest BCUT2D eigenvalue weighted by Crippen LogP contribution is -2.59. The Kier molecular flexibility index (Phi) is 3.97. The molecule has 28 heavy (non-hydrogen) atoms. The average Bonchev–Trinajstić information content (AvgIpc) is 2.64. The molecular weight excluding hydrogens is 356 g/mol. The van der Waals surface area contributed by atoms with Crippen molar-refractivity contribution in [2.45, 2.75) is 43.7 Å². The first-order valence-electron chi connectivity index (χ1n) is 9.82. The van der Waals surface area contributed by atoms with Gasteiger partial charge < -0.3 is 21.5 Å². The molecule has 4 saturated carbocycles. The van der Waals surface area contributed by atoms with Crippen LogP contribution in [-0.2, 0) is 0 Å². The number of amides is 1. The minimum absolute atomic E-state index is 0.234. The molecule has 0 aliphatic heterocycles. The average molecular weight is 380 g/mol. The number of aromatic nitrogens is 3. The Morgan fingerprint density at radius 3 is 2.50 bits per heavy atom. The van der Waals surface area contributed by atoms with Crippen LogP contribution in [0.1, 0.15) is 42.5 Å². The van der Waals surface area contributed by atoms with Crippen molar-refractivity contribution in [3.8, 4) is 0 Å². The first-order chi connectivity index (χ1) is 13.5. The van der Waals surface area contributed by atoms with Crippen LogP contribution in [0.15, 0.2) is 30.7 Å². The smallest absolute Gasteiger partial charge is 0.252 e. The number of anilines is 3. The van der Waals surface area contributed by atoms with E-state index in [4.69, 9.17) is 5.73 Å². The third kappa shape index (κ3) is 3.07. The molecule has 5 atom stereocenters. The van der Waals surface area contributed by atoms with Gasteiger partial charge in [-0.05, 0) is 55.9 Å². The van der Waals surface area contributed by atoms with Gasteiger partial charge in [-0.1, -0.05) is 0 Å². The molecular formula is C20H24N6O2. The fourth-order valence-corrected chi connectivity index (χ4v) is 5.71. The van der Waals surface area contributed by atoms with E-state index in [0.29, 0.717) is 40.8 Å². The second-order valence-corrected chi connectivity index (χ2v) is 8.54. The highest BCUT2D eigenvalue weighted by Gasteiger charge is 2.54. The van der Waals surface area contributed by atoms with E-state index in [9.17, 15) is 9.90 Å². The topological polar surface area (TPSA) is 126 Å². The number of carbonyl (C=O) groups excluding carboxylic acids is 1. The number of nitrogens with zero attached hydrogens (tertiary/aromatic N) is 3. The summed E-state index contributed by atoms with van der Waals surface area (Å²) in [5.41, 5.74) is 6.13. The van der Waals surface area contributed by atoms with Crippen LogP contribution in [0.25, 0.3) is 0 Å². The summed E-state index contributed by atoms with van der Waals surface area (Å²) in [5, 5.41) is 17.4. The summed E-state index contributed by atoms with van der Waals surface area (Å²) in [6.07, 6.45) is 9.65. The Hall–Kier alpha value is -2.74. The maximum Gasteiger partial charge on any atom is 0.252 e. The summed E-state index contributed by atoms with van der Waals surface area (Å²) in [6, 6.07) is 3.76. The van der Waals surface area contributed by atoms with Gasteiger partial charge in [-0.2, -0.15) is 0 Å². The van der Waals surface area contributed by atoms with Crippen molar-refractivity contribution in [2.24, 2.45) is 23.5 Å². The molecule has 4 aliphatic rings. The van der Waals surface area contributed by atoms with Gasteiger partial charge >= 0.3 is 0 Å². The molecule has 2 heterocycles. The van der Waals surface area contributed by atoms with Crippen LogP contribution in [-0.4, -0.2) is 37.6 Å². The van der Waals surface area contributed by atoms with Crippen LogP contribution in [0.5, 0.6) is 0 Å². The van der Waals surface area contributed by atoms with E-state index in [-0.39, 0.29) is 6.04 Å². The number of nitrogens with one attached hydrogen (secondary N) is 2. The lowest BCUT2D eigenvalue weighted by Gasteiger charge is -2.58. The van der Waals surface area contributed by atoms with E-state index in [1.807, 2.05) is 0 Å². The van der Waals surface area contributed by atoms with Crippen LogP contribution in [0.4, 0.5) is 17.5 Å². The molecule has 3 unspecified atom stereocenters. The van der Waals surface area contributed by atoms with E-state index in [1.54, 1.807) is 24.5 Å². The van der Waals surface area contributed by atoms with E-state index in [0.717, 1.165) is 32.1 Å². The molecule has 4 aliphatic carbocycles. The van der Waals surface area contributed by atoms with Crippen molar-refractivity contribution in [2.75, 3.05) is 10.6 Å². The maximum atomic E-state index is 11.9. The van der Waals surface area contributed by atoms with Crippen molar-refractivity contribution in [1.82, 2.24) is 15.0 Å². The SMILES string of the molecule is NC(=O)c1cnc(Nc2ncccn2)cc1NC1[C@@H]2CC3C[C@H]1CC(O)(C3)C2. The number of pyridine rings is 1. The Morgan fingerprint density at radius 2 is 1.86 bits per heavy atom. The summed E-state index contributed by atoms with van der Waals surface area (Å²) >= 11 is 0. The monoisotopic (exact) mass is 380 g/mol. The molecule has 0 aromatic carbocycles. The van der Waals surface area contributed by atoms with E-state index in [1.165, 1.54) is 6.20 Å². The molecule has 0 spiro atoms. The van der Waals surface area contributed by atoms with Crippen molar-refractivity contribution in [1.29, 1.82) is 0 Å². The highest BCUT2D eigenvalue weighted by molar-refractivity contribution is 5.98. The number of primary amides is 1. The minimum atomic E-state index is -0.514. The predicted octanol–water partition coefficient (Wildman–Crippen LogP) is 2.07. The van der Waals surface area contributed by atoms with Gasteiger partial charge in [-0.3, -0.25) is 4.79 Å². The molecule has 1 amide bonds. The zero-order chi connectivity index (χ0) is 19.3.